The molecule has 1 saturated heterocycles. The fourth-order valence-electron chi connectivity index (χ4n) is 3.60. The van der Waals surface area contributed by atoms with E-state index in [1.54, 1.807) is 9.80 Å². The van der Waals surface area contributed by atoms with Crippen LogP contribution in [-0.2, 0) is 11.3 Å². The number of ether oxygens (including phenoxy) is 1. The SMILES string of the molecule is C/C=C\C=C(/CC)N(Cc1ccc(C2=NNC(C(F)(F)F)O2)cc1F)C(=O)N1CCN(C)CC1. The second-order valence-electron chi connectivity index (χ2n) is 8.09. The molecule has 2 aliphatic heterocycles. The van der Waals surface area contributed by atoms with Gasteiger partial charge in [-0.3, -0.25) is 10.3 Å². The van der Waals surface area contributed by atoms with Crippen molar-refractivity contribution in [3.63, 3.8) is 0 Å². The van der Waals surface area contributed by atoms with Gasteiger partial charge in [-0.1, -0.05) is 25.1 Å². The number of hydrogen-bond acceptors (Lipinski definition) is 5. The van der Waals surface area contributed by atoms with Gasteiger partial charge >= 0.3 is 12.2 Å². The van der Waals surface area contributed by atoms with Crippen LogP contribution in [0.25, 0.3) is 0 Å². The lowest BCUT2D eigenvalue weighted by Crippen LogP contribution is -2.51. The number of nitrogens with zero attached hydrogens (tertiary/aromatic N) is 4. The lowest BCUT2D eigenvalue weighted by atomic mass is 10.1. The molecule has 1 N–H and O–H groups in total. The van der Waals surface area contributed by atoms with Gasteiger partial charge in [0.2, 0.25) is 5.90 Å². The number of urea groups is 1. The standard InChI is InChI=1S/C23H29F4N5O2/c1-4-6-7-18(5-2)32(22(33)31-12-10-30(3)11-13-31)15-17-9-8-16(14-19(17)24)20-28-29-21(34-20)23(25,26)27/h4,6-9,14,21,29H,5,10-13,15H2,1-3H3/b6-4-,18-7+. The highest BCUT2D eigenvalue weighted by Gasteiger charge is 2.45. The van der Waals surface area contributed by atoms with Crippen molar-refractivity contribution in [1.82, 2.24) is 20.1 Å². The molecule has 1 unspecified atom stereocenters. The van der Waals surface area contributed by atoms with Crippen LogP contribution in [0.5, 0.6) is 0 Å². The molecule has 34 heavy (non-hydrogen) atoms. The third-order valence-electron chi connectivity index (χ3n) is 5.63. The lowest BCUT2D eigenvalue weighted by molar-refractivity contribution is -0.201. The van der Waals surface area contributed by atoms with Gasteiger partial charge in [0.25, 0.3) is 6.23 Å². The topological polar surface area (TPSA) is 60.4 Å². The van der Waals surface area contributed by atoms with Crippen molar-refractivity contribution in [3.8, 4) is 0 Å². The van der Waals surface area contributed by atoms with Crippen molar-refractivity contribution >= 4 is 11.9 Å². The molecule has 0 saturated carbocycles. The van der Waals surface area contributed by atoms with E-state index in [9.17, 15) is 18.0 Å². The van der Waals surface area contributed by atoms with Gasteiger partial charge in [0.1, 0.15) is 5.82 Å². The Kier molecular flexibility index (Phi) is 8.19. The Labute approximate surface area is 196 Å². The van der Waals surface area contributed by atoms with Crippen LogP contribution < -0.4 is 5.43 Å². The van der Waals surface area contributed by atoms with Gasteiger partial charge in [-0.05, 0) is 38.6 Å². The molecule has 2 heterocycles. The number of rotatable bonds is 6. The highest BCUT2D eigenvalue weighted by Crippen LogP contribution is 2.26. The highest BCUT2D eigenvalue weighted by molar-refractivity contribution is 5.94. The zero-order valence-electron chi connectivity index (χ0n) is 19.4. The summed E-state index contributed by atoms with van der Waals surface area (Å²) in [5, 5.41) is 3.52. The van der Waals surface area contributed by atoms with Crippen LogP contribution in [0.2, 0.25) is 0 Å². The maximum atomic E-state index is 15.0. The molecule has 1 atom stereocenters. The fourth-order valence-corrected chi connectivity index (χ4v) is 3.60. The molecule has 3 rings (SSSR count). The number of hydrogen-bond donors (Lipinski definition) is 1. The Bertz CT molecular complexity index is 969. The van der Waals surface area contributed by atoms with Crippen molar-refractivity contribution in [3.05, 3.63) is 59.1 Å². The molecule has 2 amide bonds. The van der Waals surface area contributed by atoms with Gasteiger partial charge in [0.05, 0.1) is 6.54 Å². The first-order chi connectivity index (χ1) is 16.1. The molecular weight excluding hydrogens is 454 g/mol. The largest absolute Gasteiger partial charge is 0.446 e. The minimum atomic E-state index is -4.65. The van der Waals surface area contributed by atoms with E-state index in [4.69, 9.17) is 4.74 Å². The molecule has 7 nitrogen and oxygen atoms in total. The van der Waals surface area contributed by atoms with E-state index in [1.807, 2.05) is 44.5 Å². The predicted octanol–water partition coefficient (Wildman–Crippen LogP) is 4.03. The zero-order chi connectivity index (χ0) is 24.9. The van der Waals surface area contributed by atoms with Crippen LogP contribution in [0.1, 0.15) is 31.4 Å². The summed E-state index contributed by atoms with van der Waals surface area (Å²) in [5.74, 6) is -1.02. The zero-order valence-corrected chi connectivity index (χ0v) is 19.4. The van der Waals surface area contributed by atoms with Gasteiger partial charge in [-0.2, -0.15) is 13.2 Å². The maximum Gasteiger partial charge on any atom is 0.446 e. The molecule has 0 radical (unpaired) electrons. The van der Waals surface area contributed by atoms with E-state index >= 15 is 4.39 Å². The Hall–Kier alpha value is -3.08. The van der Waals surface area contributed by atoms with Crippen molar-refractivity contribution in [2.75, 3.05) is 33.2 Å². The second-order valence-corrected chi connectivity index (χ2v) is 8.09. The molecule has 0 bridgehead atoms. The number of alkyl halides is 3. The van der Waals surface area contributed by atoms with E-state index < -0.39 is 18.2 Å². The smallest absolute Gasteiger partial charge is 0.441 e. The summed E-state index contributed by atoms with van der Waals surface area (Å²) < 4.78 is 58.2. The first-order valence-electron chi connectivity index (χ1n) is 11.1. The van der Waals surface area contributed by atoms with E-state index in [1.165, 1.54) is 12.1 Å². The molecule has 1 aromatic rings. The van der Waals surface area contributed by atoms with Crippen molar-refractivity contribution in [2.24, 2.45) is 5.10 Å². The average molecular weight is 484 g/mol. The van der Waals surface area contributed by atoms with Crippen molar-refractivity contribution in [2.45, 2.75) is 39.2 Å². The van der Waals surface area contributed by atoms with Crippen LogP contribution >= 0.6 is 0 Å². The number of nitrogens with one attached hydrogen (secondary N) is 1. The Morgan fingerprint density at radius 1 is 1.29 bits per heavy atom. The van der Waals surface area contributed by atoms with Crippen molar-refractivity contribution < 1.29 is 27.1 Å². The number of amides is 2. The van der Waals surface area contributed by atoms with Crippen LogP contribution in [0.4, 0.5) is 22.4 Å². The summed E-state index contributed by atoms with van der Waals surface area (Å²) in [6, 6.07) is 3.71. The van der Waals surface area contributed by atoms with Gasteiger partial charge in [-0.25, -0.2) is 9.18 Å². The summed E-state index contributed by atoms with van der Waals surface area (Å²) in [6.45, 7) is 6.39. The average Bonchev–Trinajstić information content (AvgIpc) is 3.31. The maximum absolute atomic E-state index is 15.0. The van der Waals surface area contributed by atoms with Crippen LogP contribution in [0, 0.1) is 5.82 Å². The number of piperazine rings is 1. The summed E-state index contributed by atoms with van der Waals surface area (Å²) in [5.41, 5.74) is 2.87. The molecule has 186 valence electrons. The third-order valence-corrected chi connectivity index (χ3v) is 5.63. The molecule has 1 fully saturated rings. The monoisotopic (exact) mass is 483 g/mol. The minimum absolute atomic E-state index is 0.0225. The Morgan fingerprint density at radius 3 is 2.56 bits per heavy atom. The Morgan fingerprint density at radius 2 is 2.00 bits per heavy atom. The number of carbonyl (C=O) groups excluding carboxylic acids is 1. The third kappa shape index (κ3) is 6.07. The minimum Gasteiger partial charge on any atom is -0.441 e. The summed E-state index contributed by atoms with van der Waals surface area (Å²) in [4.78, 5) is 18.8. The van der Waals surface area contributed by atoms with Crippen LogP contribution in [0.3, 0.4) is 0 Å². The number of likely N-dealkylation sites (N-methyl/N-ethyl adjacent to an activating group) is 1. The van der Waals surface area contributed by atoms with Gasteiger partial charge in [0.15, 0.2) is 0 Å². The highest BCUT2D eigenvalue weighted by atomic mass is 19.4. The van der Waals surface area contributed by atoms with Gasteiger partial charge in [0, 0.05) is 43.0 Å². The number of benzene rings is 1. The molecule has 0 spiro atoms. The summed E-state index contributed by atoms with van der Waals surface area (Å²) in [6.07, 6.45) is -0.881. The van der Waals surface area contributed by atoms with E-state index in [-0.39, 0.29) is 29.6 Å². The molecular formula is C23H29F4N5O2. The number of carbonyl (C=O) groups is 1. The van der Waals surface area contributed by atoms with Crippen LogP contribution in [-0.4, -0.2) is 72.3 Å². The Balaban J connectivity index is 1.82. The molecule has 11 heteroatoms. The number of allylic oxidation sites excluding steroid dienone is 4. The normalized spacial score (nSPS) is 19.7. The summed E-state index contributed by atoms with van der Waals surface area (Å²) >= 11 is 0. The molecule has 1 aromatic carbocycles. The lowest BCUT2D eigenvalue weighted by Gasteiger charge is -2.37. The first kappa shape index (κ1) is 25.5. The van der Waals surface area contributed by atoms with Crippen LogP contribution in [0.15, 0.2) is 47.2 Å². The molecule has 2 aliphatic rings. The first-order valence-corrected chi connectivity index (χ1v) is 11.1. The van der Waals surface area contributed by atoms with E-state index in [0.717, 1.165) is 24.9 Å². The van der Waals surface area contributed by atoms with E-state index in [2.05, 4.69) is 10.0 Å². The van der Waals surface area contributed by atoms with Gasteiger partial charge in [-0.15, -0.1) is 5.10 Å². The molecule has 0 aromatic heterocycles. The predicted molar refractivity (Wildman–Crippen MR) is 120 cm³/mol. The number of hydrazone groups is 1. The van der Waals surface area contributed by atoms with E-state index in [0.29, 0.717) is 19.5 Å². The number of halogens is 4. The summed E-state index contributed by atoms with van der Waals surface area (Å²) in [7, 11) is 1.99. The van der Waals surface area contributed by atoms with Gasteiger partial charge < -0.3 is 14.5 Å². The second kappa shape index (κ2) is 10.9. The fraction of sp³-hybridized carbons (Fsp3) is 0.478. The van der Waals surface area contributed by atoms with Crippen molar-refractivity contribution in [1.29, 1.82) is 0 Å². The molecule has 0 aliphatic carbocycles. The quantitative estimate of drug-likeness (QED) is 0.490.